The quantitative estimate of drug-likeness (QED) is 0.769. The van der Waals surface area contributed by atoms with Gasteiger partial charge < -0.3 is 4.74 Å². The number of hydrogen-bond acceptors (Lipinski definition) is 3. The summed E-state index contributed by atoms with van der Waals surface area (Å²) in [5.41, 5.74) is 3.73. The van der Waals surface area contributed by atoms with Crippen LogP contribution in [0.1, 0.15) is 18.2 Å². The SMILES string of the molecule is COc1cc(C)ccc1N=C(C)c1ccccn1. The zero-order valence-corrected chi connectivity index (χ0v) is 10.8. The van der Waals surface area contributed by atoms with Gasteiger partial charge in [-0.2, -0.15) is 0 Å². The molecule has 18 heavy (non-hydrogen) atoms. The predicted molar refractivity (Wildman–Crippen MR) is 73.8 cm³/mol. The molecule has 0 unspecified atom stereocenters. The van der Waals surface area contributed by atoms with Crippen molar-refractivity contribution in [3.05, 3.63) is 53.9 Å². The van der Waals surface area contributed by atoms with Gasteiger partial charge in [0.25, 0.3) is 0 Å². The molecule has 0 amide bonds. The molecule has 92 valence electrons. The molecule has 0 atom stereocenters. The van der Waals surface area contributed by atoms with Crippen LogP contribution in [0.4, 0.5) is 5.69 Å². The molecule has 3 heteroatoms. The molecule has 0 aliphatic heterocycles. The summed E-state index contributed by atoms with van der Waals surface area (Å²) in [5.74, 6) is 0.783. The second kappa shape index (κ2) is 5.45. The van der Waals surface area contributed by atoms with Gasteiger partial charge in [-0.25, -0.2) is 4.99 Å². The monoisotopic (exact) mass is 240 g/mol. The summed E-state index contributed by atoms with van der Waals surface area (Å²) in [6, 6.07) is 11.7. The highest BCUT2D eigenvalue weighted by atomic mass is 16.5. The summed E-state index contributed by atoms with van der Waals surface area (Å²) >= 11 is 0. The van der Waals surface area contributed by atoms with E-state index in [1.54, 1.807) is 13.3 Å². The highest BCUT2D eigenvalue weighted by molar-refractivity contribution is 5.98. The van der Waals surface area contributed by atoms with E-state index in [-0.39, 0.29) is 0 Å². The van der Waals surface area contributed by atoms with Crippen LogP contribution in [0.5, 0.6) is 5.75 Å². The van der Waals surface area contributed by atoms with Crippen molar-refractivity contribution in [3.63, 3.8) is 0 Å². The van der Waals surface area contributed by atoms with Crippen LogP contribution in [0.15, 0.2) is 47.6 Å². The number of benzene rings is 1. The Labute approximate surface area is 107 Å². The predicted octanol–water partition coefficient (Wildman–Crippen LogP) is 3.54. The molecule has 1 aromatic carbocycles. The van der Waals surface area contributed by atoms with Crippen molar-refractivity contribution in [1.29, 1.82) is 0 Å². The maximum atomic E-state index is 5.34. The van der Waals surface area contributed by atoms with Gasteiger partial charge in [0.1, 0.15) is 11.4 Å². The molecule has 0 aliphatic carbocycles. The molecule has 2 rings (SSSR count). The molecule has 3 nitrogen and oxygen atoms in total. The van der Waals surface area contributed by atoms with E-state index < -0.39 is 0 Å². The minimum Gasteiger partial charge on any atom is -0.494 e. The third-order valence-electron chi connectivity index (χ3n) is 2.66. The average molecular weight is 240 g/mol. The number of pyridine rings is 1. The largest absolute Gasteiger partial charge is 0.494 e. The molecule has 2 aromatic rings. The van der Waals surface area contributed by atoms with Crippen molar-refractivity contribution in [2.45, 2.75) is 13.8 Å². The third-order valence-corrected chi connectivity index (χ3v) is 2.66. The number of nitrogens with zero attached hydrogens (tertiary/aromatic N) is 2. The number of methoxy groups -OCH3 is 1. The maximum absolute atomic E-state index is 5.34. The highest BCUT2D eigenvalue weighted by Gasteiger charge is 2.04. The van der Waals surface area contributed by atoms with Crippen molar-refractivity contribution < 1.29 is 4.74 Å². The van der Waals surface area contributed by atoms with Crippen LogP contribution in [0.2, 0.25) is 0 Å². The van der Waals surface area contributed by atoms with Gasteiger partial charge >= 0.3 is 0 Å². The Morgan fingerprint density at radius 2 is 2.06 bits per heavy atom. The van der Waals surface area contributed by atoms with Gasteiger partial charge in [-0.05, 0) is 43.7 Å². The molecular formula is C15H16N2O. The number of rotatable bonds is 3. The summed E-state index contributed by atoms with van der Waals surface area (Å²) in [6.45, 7) is 3.98. The molecule has 0 bridgehead atoms. The van der Waals surface area contributed by atoms with Crippen LogP contribution in [0.3, 0.4) is 0 Å². The first kappa shape index (κ1) is 12.3. The van der Waals surface area contributed by atoms with E-state index in [9.17, 15) is 0 Å². The lowest BCUT2D eigenvalue weighted by Gasteiger charge is -2.06. The fourth-order valence-electron chi connectivity index (χ4n) is 1.69. The molecule has 0 N–H and O–H groups in total. The van der Waals surface area contributed by atoms with Gasteiger partial charge in [0.15, 0.2) is 0 Å². The van der Waals surface area contributed by atoms with E-state index in [0.29, 0.717) is 0 Å². The average Bonchev–Trinajstić information content (AvgIpc) is 2.41. The van der Waals surface area contributed by atoms with Crippen molar-refractivity contribution in [2.75, 3.05) is 7.11 Å². The van der Waals surface area contributed by atoms with Crippen molar-refractivity contribution in [2.24, 2.45) is 4.99 Å². The van der Waals surface area contributed by atoms with E-state index in [0.717, 1.165) is 28.4 Å². The molecule has 1 heterocycles. The Balaban J connectivity index is 2.39. The fraction of sp³-hybridized carbons (Fsp3) is 0.200. The van der Waals surface area contributed by atoms with Gasteiger partial charge in [-0.15, -0.1) is 0 Å². The molecule has 0 saturated carbocycles. The van der Waals surface area contributed by atoms with Crippen molar-refractivity contribution in [1.82, 2.24) is 4.98 Å². The van der Waals surface area contributed by atoms with Gasteiger partial charge in [0.05, 0.1) is 18.5 Å². The normalized spacial score (nSPS) is 11.4. The Morgan fingerprint density at radius 3 is 2.72 bits per heavy atom. The van der Waals surface area contributed by atoms with E-state index >= 15 is 0 Å². The first-order valence-electron chi connectivity index (χ1n) is 5.82. The highest BCUT2D eigenvalue weighted by Crippen LogP contribution is 2.28. The first-order valence-corrected chi connectivity index (χ1v) is 5.82. The van der Waals surface area contributed by atoms with E-state index in [1.165, 1.54) is 0 Å². The Bertz CT molecular complexity index is 562. The van der Waals surface area contributed by atoms with E-state index in [2.05, 4.69) is 9.98 Å². The van der Waals surface area contributed by atoms with Gasteiger partial charge in [-0.3, -0.25) is 4.98 Å². The lowest BCUT2D eigenvalue weighted by atomic mass is 10.2. The zero-order chi connectivity index (χ0) is 13.0. The summed E-state index contributed by atoms with van der Waals surface area (Å²) in [7, 11) is 1.66. The number of ether oxygens (including phenoxy) is 1. The minimum absolute atomic E-state index is 0.783. The Hall–Kier alpha value is -2.16. The molecule has 1 aromatic heterocycles. The summed E-state index contributed by atoms with van der Waals surface area (Å²) in [4.78, 5) is 8.85. The second-order valence-electron chi connectivity index (χ2n) is 4.09. The molecular weight excluding hydrogens is 224 g/mol. The number of aliphatic imine (C=N–C) groups is 1. The molecule has 0 aliphatic rings. The van der Waals surface area contributed by atoms with Crippen LogP contribution in [-0.4, -0.2) is 17.8 Å². The van der Waals surface area contributed by atoms with Crippen molar-refractivity contribution in [3.8, 4) is 5.75 Å². The maximum Gasteiger partial charge on any atom is 0.144 e. The van der Waals surface area contributed by atoms with Gasteiger partial charge in [-0.1, -0.05) is 12.1 Å². The lowest BCUT2D eigenvalue weighted by Crippen LogP contribution is -1.97. The lowest BCUT2D eigenvalue weighted by molar-refractivity contribution is 0.416. The Morgan fingerprint density at radius 1 is 1.22 bits per heavy atom. The van der Waals surface area contributed by atoms with Gasteiger partial charge in [0, 0.05) is 6.20 Å². The van der Waals surface area contributed by atoms with Crippen LogP contribution in [0.25, 0.3) is 0 Å². The standard InChI is InChI=1S/C15H16N2O/c1-11-7-8-14(15(10-11)18-3)17-12(2)13-6-4-5-9-16-13/h4-10H,1-3H3. The van der Waals surface area contributed by atoms with Gasteiger partial charge in [0.2, 0.25) is 0 Å². The topological polar surface area (TPSA) is 34.5 Å². The summed E-state index contributed by atoms with van der Waals surface area (Å²) < 4.78 is 5.34. The number of hydrogen-bond donors (Lipinski definition) is 0. The zero-order valence-electron chi connectivity index (χ0n) is 10.8. The van der Waals surface area contributed by atoms with Crippen LogP contribution in [-0.2, 0) is 0 Å². The second-order valence-corrected chi connectivity index (χ2v) is 4.09. The summed E-state index contributed by atoms with van der Waals surface area (Å²) in [5, 5.41) is 0. The fourth-order valence-corrected chi connectivity index (χ4v) is 1.69. The van der Waals surface area contributed by atoms with Crippen LogP contribution in [0, 0.1) is 6.92 Å². The molecule has 0 saturated heterocycles. The minimum atomic E-state index is 0.783. The first-order chi connectivity index (χ1) is 8.70. The summed E-state index contributed by atoms with van der Waals surface area (Å²) in [6.07, 6.45) is 1.76. The van der Waals surface area contributed by atoms with E-state index in [4.69, 9.17) is 4.74 Å². The van der Waals surface area contributed by atoms with Crippen LogP contribution >= 0.6 is 0 Å². The number of aromatic nitrogens is 1. The third kappa shape index (κ3) is 2.74. The smallest absolute Gasteiger partial charge is 0.144 e. The number of aryl methyl sites for hydroxylation is 1. The van der Waals surface area contributed by atoms with Crippen molar-refractivity contribution >= 4 is 11.4 Å². The molecule has 0 radical (unpaired) electrons. The van der Waals surface area contributed by atoms with E-state index in [1.807, 2.05) is 50.2 Å². The Kier molecular flexibility index (Phi) is 3.72. The molecule has 0 spiro atoms. The van der Waals surface area contributed by atoms with Crippen LogP contribution < -0.4 is 4.74 Å². The molecule has 0 fully saturated rings.